The Bertz CT molecular complexity index is 545. The predicted octanol–water partition coefficient (Wildman–Crippen LogP) is -0.366. The third-order valence-corrected chi connectivity index (χ3v) is 2.37. The second-order valence-electron chi connectivity index (χ2n) is 2.54. The molecule has 2 heterocycles. The standard InChI is InChI=1S/C6H6N4O2S/c1-13(11,12)10-6-5(8-9-10)3-2-4-7-6/h2-4H,1H3. The van der Waals surface area contributed by atoms with Crippen LogP contribution in [-0.4, -0.2) is 34.1 Å². The fraction of sp³-hybridized carbons (Fsp3) is 0.167. The van der Waals surface area contributed by atoms with Gasteiger partial charge in [-0.25, -0.2) is 13.4 Å². The summed E-state index contributed by atoms with van der Waals surface area (Å²) in [6, 6.07) is 3.32. The molecule has 7 heteroatoms. The van der Waals surface area contributed by atoms with Gasteiger partial charge < -0.3 is 0 Å². The van der Waals surface area contributed by atoms with Gasteiger partial charge in [-0.05, 0) is 17.3 Å². The molecule has 2 rings (SSSR count). The fourth-order valence-electron chi connectivity index (χ4n) is 0.968. The Kier molecular flexibility index (Phi) is 1.56. The van der Waals surface area contributed by atoms with E-state index in [-0.39, 0.29) is 5.65 Å². The summed E-state index contributed by atoms with van der Waals surface area (Å²) in [6.07, 6.45) is 2.54. The van der Waals surface area contributed by atoms with Crippen LogP contribution in [0.4, 0.5) is 0 Å². The summed E-state index contributed by atoms with van der Waals surface area (Å²) in [6.45, 7) is 0. The van der Waals surface area contributed by atoms with Crippen molar-refractivity contribution in [2.75, 3.05) is 6.26 Å². The molecule has 0 bridgehead atoms. The lowest BCUT2D eigenvalue weighted by Gasteiger charge is -1.94. The van der Waals surface area contributed by atoms with Gasteiger partial charge in [0.05, 0.1) is 6.26 Å². The topological polar surface area (TPSA) is 77.7 Å². The summed E-state index contributed by atoms with van der Waals surface area (Å²) in [4.78, 5) is 3.87. The zero-order chi connectivity index (χ0) is 9.47. The zero-order valence-electron chi connectivity index (χ0n) is 6.75. The van der Waals surface area contributed by atoms with Gasteiger partial charge in [0.1, 0.15) is 5.52 Å². The first-order chi connectivity index (χ1) is 6.09. The minimum atomic E-state index is -3.41. The molecule has 0 atom stereocenters. The molecule has 0 fully saturated rings. The Labute approximate surface area is 74.3 Å². The lowest BCUT2D eigenvalue weighted by atomic mass is 10.4. The molecule has 13 heavy (non-hydrogen) atoms. The molecule has 0 aromatic carbocycles. The van der Waals surface area contributed by atoms with Crippen LogP contribution in [0.3, 0.4) is 0 Å². The first-order valence-electron chi connectivity index (χ1n) is 3.46. The van der Waals surface area contributed by atoms with Crippen LogP contribution >= 0.6 is 0 Å². The SMILES string of the molecule is CS(=O)(=O)n1nnc2cccnc21. The van der Waals surface area contributed by atoms with Gasteiger partial charge in [0.15, 0.2) is 5.65 Å². The summed E-state index contributed by atoms with van der Waals surface area (Å²) < 4.78 is 23.1. The zero-order valence-corrected chi connectivity index (χ0v) is 7.56. The van der Waals surface area contributed by atoms with Crippen molar-refractivity contribution in [1.29, 1.82) is 0 Å². The van der Waals surface area contributed by atoms with Gasteiger partial charge in [-0.2, -0.15) is 0 Å². The molecule has 0 saturated carbocycles. The molecular weight excluding hydrogens is 192 g/mol. The molecule has 6 nitrogen and oxygen atoms in total. The number of hydrogen-bond donors (Lipinski definition) is 0. The number of pyridine rings is 1. The predicted molar refractivity (Wildman–Crippen MR) is 45.6 cm³/mol. The van der Waals surface area contributed by atoms with E-state index in [2.05, 4.69) is 15.3 Å². The first-order valence-corrected chi connectivity index (χ1v) is 5.31. The molecule has 68 valence electrons. The van der Waals surface area contributed by atoms with E-state index in [1.54, 1.807) is 12.1 Å². The lowest BCUT2D eigenvalue weighted by molar-refractivity contribution is 0.585. The van der Waals surface area contributed by atoms with Gasteiger partial charge in [0, 0.05) is 6.20 Å². The molecule has 0 amide bonds. The monoisotopic (exact) mass is 198 g/mol. The van der Waals surface area contributed by atoms with Crippen LogP contribution < -0.4 is 0 Å². The van der Waals surface area contributed by atoms with E-state index >= 15 is 0 Å². The minimum absolute atomic E-state index is 0.255. The van der Waals surface area contributed by atoms with E-state index in [0.29, 0.717) is 5.52 Å². The van der Waals surface area contributed by atoms with Crippen molar-refractivity contribution in [2.24, 2.45) is 0 Å². The van der Waals surface area contributed by atoms with Crippen LogP contribution in [0, 0.1) is 0 Å². The second kappa shape index (κ2) is 2.49. The Morgan fingerprint density at radius 2 is 2.23 bits per heavy atom. The van der Waals surface area contributed by atoms with Crippen molar-refractivity contribution in [3.8, 4) is 0 Å². The van der Waals surface area contributed by atoms with Crippen LogP contribution in [0.2, 0.25) is 0 Å². The van der Waals surface area contributed by atoms with Gasteiger partial charge in [0.2, 0.25) is 0 Å². The van der Waals surface area contributed by atoms with Crippen molar-refractivity contribution in [2.45, 2.75) is 0 Å². The Hall–Kier alpha value is -1.50. The molecule has 0 spiro atoms. The van der Waals surface area contributed by atoms with Crippen molar-refractivity contribution in [3.05, 3.63) is 18.3 Å². The lowest BCUT2D eigenvalue weighted by Crippen LogP contribution is -2.12. The number of rotatable bonds is 1. The highest BCUT2D eigenvalue weighted by atomic mass is 32.2. The van der Waals surface area contributed by atoms with Gasteiger partial charge >= 0.3 is 0 Å². The van der Waals surface area contributed by atoms with E-state index in [9.17, 15) is 8.42 Å². The minimum Gasteiger partial charge on any atom is -0.234 e. The average molecular weight is 198 g/mol. The summed E-state index contributed by atoms with van der Waals surface area (Å²) in [5.74, 6) is 0. The van der Waals surface area contributed by atoms with Crippen LogP contribution in [0.15, 0.2) is 18.3 Å². The third-order valence-electron chi connectivity index (χ3n) is 1.50. The summed E-state index contributed by atoms with van der Waals surface area (Å²) in [5.41, 5.74) is 0.720. The van der Waals surface area contributed by atoms with E-state index in [0.717, 1.165) is 10.3 Å². The van der Waals surface area contributed by atoms with Crippen molar-refractivity contribution in [1.82, 2.24) is 19.4 Å². The van der Waals surface area contributed by atoms with Gasteiger partial charge in [-0.3, -0.25) is 0 Å². The van der Waals surface area contributed by atoms with E-state index in [1.165, 1.54) is 6.20 Å². The number of nitrogens with zero attached hydrogens (tertiary/aromatic N) is 4. The maximum Gasteiger partial charge on any atom is 0.254 e. The highest BCUT2D eigenvalue weighted by molar-refractivity contribution is 7.89. The number of fused-ring (bicyclic) bond motifs is 1. The molecule has 0 N–H and O–H groups in total. The highest BCUT2D eigenvalue weighted by Crippen LogP contribution is 2.07. The van der Waals surface area contributed by atoms with Gasteiger partial charge in [-0.1, -0.05) is 0 Å². The Balaban J connectivity index is 2.87. The number of aromatic nitrogens is 4. The van der Waals surface area contributed by atoms with Crippen molar-refractivity contribution in [3.63, 3.8) is 0 Å². The van der Waals surface area contributed by atoms with Crippen LogP contribution in [0.1, 0.15) is 0 Å². The van der Waals surface area contributed by atoms with Crippen LogP contribution in [0.25, 0.3) is 11.2 Å². The summed E-state index contributed by atoms with van der Waals surface area (Å²) in [7, 11) is -3.41. The largest absolute Gasteiger partial charge is 0.254 e. The normalized spacial score (nSPS) is 12.1. The molecule has 0 aliphatic heterocycles. The molecule has 0 radical (unpaired) electrons. The summed E-state index contributed by atoms with van der Waals surface area (Å²) in [5, 5.41) is 7.14. The van der Waals surface area contributed by atoms with Crippen LogP contribution in [-0.2, 0) is 10.0 Å². The van der Waals surface area contributed by atoms with Crippen molar-refractivity contribution >= 4 is 21.2 Å². The van der Waals surface area contributed by atoms with Gasteiger partial charge in [-0.15, -0.1) is 9.19 Å². The quantitative estimate of drug-likeness (QED) is 0.625. The van der Waals surface area contributed by atoms with Crippen molar-refractivity contribution < 1.29 is 8.42 Å². The van der Waals surface area contributed by atoms with E-state index in [4.69, 9.17) is 0 Å². The maximum absolute atomic E-state index is 11.1. The highest BCUT2D eigenvalue weighted by Gasteiger charge is 2.12. The molecule has 0 saturated heterocycles. The van der Waals surface area contributed by atoms with E-state index in [1.807, 2.05) is 0 Å². The summed E-state index contributed by atoms with van der Waals surface area (Å²) >= 11 is 0. The molecule has 2 aromatic heterocycles. The second-order valence-corrected chi connectivity index (χ2v) is 4.35. The smallest absolute Gasteiger partial charge is 0.234 e. The molecule has 2 aromatic rings. The maximum atomic E-state index is 11.1. The Morgan fingerprint density at radius 3 is 2.92 bits per heavy atom. The average Bonchev–Trinajstić information content (AvgIpc) is 2.45. The molecular formula is C6H6N4O2S. The molecule has 0 unspecified atom stereocenters. The van der Waals surface area contributed by atoms with E-state index < -0.39 is 10.0 Å². The Morgan fingerprint density at radius 1 is 1.46 bits per heavy atom. The molecule has 0 aliphatic carbocycles. The molecule has 0 aliphatic rings. The third kappa shape index (κ3) is 1.26. The van der Waals surface area contributed by atoms with Crippen LogP contribution in [0.5, 0.6) is 0 Å². The first kappa shape index (κ1) is 8.11. The fourth-order valence-corrected chi connectivity index (χ4v) is 1.59. The van der Waals surface area contributed by atoms with Gasteiger partial charge in [0.25, 0.3) is 10.0 Å². The number of hydrogen-bond acceptors (Lipinski definition) is 5.